The average molecular weight is 327 g/mol. The number of rotatable bonds is 11. The maximum atomic E-state index is 5.68. The molecule has 0 bridgehead atoms. The first kappa shape index (κ1) is 18.5. The number of ether oxygens (including phenoxy) is 2. The molecule has 0 fully saturated rings. The van der Waals surface area contributed by atoms with Gasteiger partial charge in [0.05, 0.1) is 12.8 Å². The molecule has 0 unspecified atom stereocenters. The van der Waals surface area contributed by atoms with E-state index in [0.717, 1.165) is 43.1 Å². The van der Waals surface area contributed by atoms with Crippen LogP contribution in [0.15, 0.2) is 42.6 Å². The second-order valence-corrected chi connectivity index (χ2v) is 6.06. The molecule has 2 aromatic rings. The fourth-order valence-corrected chi connectivity index (χ4v) is 2.62. The van der Waals surface area contributed by atoms with Crippen molar-refractivity contribution in [1.82, 2.24) is 4.98 Å². The summed E-state index contributed by atoms with van der Waals surface area (Å²) in [5.41, 5.74) is 3.37. The molecule has 3 heteroatoms. The number of aryl methyl sites for hydroxylation is 1. The van der Waals surface area contributed by atoms with Crippen molar-refractivity contribution in [1.29, 1.82) is 0 Å². The Hall–Kier alpha value is -1.87. The van der Waals surface area contributed by atoms with Gasteiger partial charge in [-0.3, -0.25) is 4.98 Å². The van der Waals surface area contributed by atoms with Gasteiger partial charge in [0.25, 0.3) is 0 Å². The van der Waals surface area contributed by atoms with Crippen molar-refractivity contribution < 1.29 is 9.47 Å². The van der Waals surface area contributed by atoms with E-state index in [1.54, 1.807) is 7.11 Å². The topological polar surface area (TPSA) is 31.4 Å². The van der Waals surface area contributed by atoms with Gasteiger partial charge in [-0.15, -0.1) is 0 Å². The molecule has 0 N–H and O–H groups in total. The Kier molecular flexibility index (Phi) is 8.33. The van der Waals surface area contributed by atoms with Crippen molar-refractivity contribution in [3.05, 3.63) is 48.2 Å². The number of unbranched alkanes of at least 4 members (excludes halogenated alkanes) is 3. The molecule has 1 aromatic carbocycles. The first-order chi connectivity index (χ1) is 11.8. The number of nitrogens with zero attached hydrogens (tertiary/aromatic N) is 1. The fourth-order valence-electron chi connectivity index (χ4n) is 2.62. The number of hydrogen-bond donors (Lipinski definition) is 0. The van der Waals surface area contributed by atoms with E-state index in [9.17, 15) is 0 Å². The Morgan fingerprint density at radius 2 is 1.67 bits per heavy atom. The smallest absolute Gasteiger partial charge is 0.118 e. The van der Waals surface area contributed by atoms with E-state index < -0.39 is 0 Å². The zero-order valence-electron chi connectivity index (χ0n) is 15.0. The van der Waals surface area contributed by atoms with Crippen molar-refractivity contribution in [2.75, 3.05) is 20.3 Å². The van der Waals surface area contributed by atoms with Crippen LogP contribution >= 0.6 is 0 Å². The largest absolute Gasteiger partial charge is 0.497 e. The number of methoxy groups -OCH3 is 1. The predicted molar refractivity (Wildman–Crippen MR) is 99.5 cm³/mol. The van der Waals surface area contributed by atoms with E-state index >= 15 is 0 Å². The summed E-state index contributed by atoms with van der Waals surface area (Å²) in [6.45, 7) is 3.97. The third kappa shape index (κ3) is 6.32. The van der Waals surface area contributed by atoms with Crippen LogP contribution in [0.5, 0.6) is 5.75 Å². The van der Waals surface area contributed by atoms with Crippen molar-refractivity contribution in [2.45, 2.75) is 45.4 Å². The summed E-state index contributed by atoms with van der Waals surface area (Å²) >= 11 is 0. The van der Waals surface area contributed by atoms with Gasteiger partial charge in [0.15, 0.2) is 0 Å². The Morgan fingerprint density at radius 1 is 0.875 bits per heavy atom. The molecule has 0 atom stereocenters. The van der Waals surface area contributed by atoms with E-state index in [2.05, 4.69) is 24.0 Å². The highest BCUT2D eigenvalue weighted by molar-refractivity contribution is 5.60. The van der Waals surface area contributed by atoms with Gasteiger partial charge in [0, 0.05) is 25.0 Å². The van der Waals surface area contributed by atoms with E-state index in [0.29, 0.717) is 0 Å². The second kappa shape index (κ2) is 10.8. The van der Waals surface area contributed by atoms with Crippen molar-refractivity contribution in [3.63, 3.8) is 0 Å². The molecular formula is C21H29NO2. The molecule has 0 aliphatic carbocycles. The van der Waals surface area contributed by atoms with E-state index in [1.165, 1.54) is 31.2 Å². The standard InChI is InChI=1S/C21H29NO2/c1-3-4-5-6-15-24-16-7-8-18-9-14-21(22-17-18)19-10-12-20(23-2)13-11-19/h9-14,17H,3-8,15-16H2,1-2H3. The maximum absolute atomic E-state index is 5.68. The SMILES string of the molecule is CCCCCCOCCCc1ccc(-c2ccc(OC)cc2)nc1. The molecule has 24 heavy (non-hydrogen) atoms. The molecule has 0 amide bonds. The van der Waals surface area contributed by atoms with Crippen LogP contribution in [-0.2, 0) is 11.2 Å². The van der Waals surface area contributed by atoms with Gasteiger partial charge in [-0.05, 0) is 55.2 Å². The van der Waals surface area contributed by atoms with E-state index in [4.69, 9.17) is 9.47 Å². The molecule has 0 saturated carbocycles. The van der Waals surface area contributed by atoms with Gasteiger partial charge in [0.2, 0.25) is 0 Å². The summed E-state index contributed by atoms with van der Waals surface area (Å²) in [4.78, 5) is 4.57. The van der Waals surface area contributed by atoms with Crippen molar-refractivity contribution in [2.24, 2.45) is 0 Å². The zero-order chi connectivity index (χ0) is 17.0. The van der Waals surface area contributed by atoms with Crippen LogP contribution in [0.1, 0.15) is 44.6 Å². The number of hydrogen-bond acceptors (Lipinski definition) is 3. The monoisotopic (exact) mass is 327 g/mol. The molecule has 1 heterocycles. The summed E-state index contributed by atoms with van der Waals surface area (Å²) in [5, 5.41) is 0. The molecule has 0 aliphatic rings. The minimum Gasteiger partial charge on any atom is -0.497 e. The van der Waals surface area contributed by atoms with Crippen LogP contribution in [0.25, 0.3) is 11.3 Å². The van der Waals surface area contributed by atoms with Gasteiger partial charge in [-0.1, -0.05) is 32.3 Å². The predicted octanol–water partition coefficient (Wildman–Crippen LogP) is 5.29. The molecule has 2 rings (SSSR count). The lowest BCUT2D eigenvalue weighted by molar-refractivity contribution is 0.128. The first-order valence-electron chi connectivity index (χ1n) is 9.00. The van der Waals surface area contributed by atoms with Gasteiger partial charge in [-0.25, -0.2) is 0 Å². The summed E-state index contributed by atoms with van der Waals surface area (Å²) in [7, 11) is 1.68. The summed E-state index contributed by atoms with van der Waals surface area (Å²) in [5.74, 6) is 0.866. The molecular weight excluding hydrogens is 298 g/mol. The molecule has 0 radical (unpaired) electrons. The third-order valence-electron chi connectivity index (χ3n) is 4.11. The Labute approximate surface area is 146 Å². The van der Waals surface area contributed by atoms with Gasteiger partial charge in [0.1, 0.15) is 5.75 Å². The van der Waals surface area contributed by atoms with Crippen molar-refractivity contribution >= 4 is 0 Å². The van der Waals surface area contributed by atoms with Gasteiger partial charge < -0.3 is 9.47 Å². The minimum atomic E-state index is 0.840. The van der Waals surface area contributed by atoms with Crippen LogP contribution in [-0.4, -0.2) is 25.3 Å². The number of aromatic nitrogens is 1. The van der Waals surface area contributed by atoms with E-state index in [-0.39, 0.29) is 0 Å². The van der Waals surface area contributed by atoms with Crippen LogP contribution < -0.4 is 4.74 Å². The van der Waals surface area contributed by atoms with Gasteiger partial charge in [-0.2, -0.15) is 0 Å². The van der Waals surface area contributed by atoms with Gasteiger partial charge >= 0.3 is 0 Å². The summed E-state index contributed by atoms with van der Waals surface area (Å²) < 4.78 is 10.9. The maximum Gasteiger partial charge on any atom is 0.118 e. The lowest BCUT2D eigenvalue weighted by Crippen LogP contribution is -1.99. The third-order valence-corrected chi connectivity index (χ3v) is 4.11. The van der Waals surface area contributed by atoms with Crippen LogP contribution in [0.4, 0.5) is 0 Å². The molecule has 0 spiro atoms. The second-order valence-electron chi connectivity index (χ2n) is 6.06. The Bertz CT molecular complexity index is 563. The minimum absolute atomic E-state index is 0.840. The number of benzene rings is 1. The molecule has 130 valence electrons. The molecule has 0 saturated heterocycles. The highest BCUT2D eigenvalue weighted by atomic mass is 16.5. The van der Waals surface area contributed by atoms with Crippen LogP contribution in [0.3, 0.4) is 0 Å². The summed E-state index contributed by atoms with van der Waals surface area (Å²) in [6, 6.07) is 12.2. The Balaban J connectivity index is 1.70. The van der Waals surface area contributed by atoms with Crippen LogP contribution in [0.2, 0.25) is 0 Å². The normalized spacial score (nSPS) is 10.8. The lowest BCUT2D eigenvalue weighted by atomic mass is 10.1. The average Bonchev–Trinajstić information content (AvgIpc) is 2.64. The first-order valence-corrected chi connectivity index (χ1v) is 9.00. The highest BCUT2D eigenvalue weighted by Gasteiger charge is 2.01. The molecule has 0 aliphatic heterocycles. The summed E-state index contributed by atoms with van der Waals surface area (Å²) in [6.07, 6.45) is 9.11. The molecule has 1 aromatic heterocycles. The molecule has 3 nitrogen and oxygen atoms in total. The highest BCUT2D eigenvalue weighted by Crippen LogP contribution is 2.20. The number of pyridine rings is 1. The van der Waals surface area contributed by atoms with E-state index in [1.807, 2.05) is 30.5 Å². The fraction of sp³-hybridized carbons (Fsp3) is 0.476. The van der Waals surface area contributed by atoms with Crippen LogP contribution in [0, 0.1) is 0 Å². The van der Waals surface area contributed by atoms with Crippen molar-refractivity contribution in [3.8, 4) is 17.0 Å². The zero-order valence-corrected chi connectivity index (χ0v) is 15.0. The quantitative estimate of drug-likeness (QED) is 0.526. The lowest BCUT2D eigenvalue weighted by Gasteiger charge is -2.06. The Morgan fingerprint density at radius 3 is 2.33 bits per heavy atom.